The lowest BCUT2D eigenvalue weighted by molar-refractivity contribution is -0.115. The van der Waals surface area contributed by atoms with E-state index in [0.29, 0.717) is 6.42 Å². The minimum atomic E-state index is -0.0556. The van der Waals surface area contributed by atoms with E-state index >= 15 is 0 Å². The lowest BCUT2D eigenvalue weighted by Crippen LogP contribution is -2.08. The van der Waals surface area contributed by atoms with Gasteiger partial charge in [0.05, 0.1) is 5.70 Å². The fourth-order valence-corrected chi connectivity index (χ4v) is 0.420. The molecule has 0 heterocycles. The van der Waals surface area contributed by atoms with Gasteiger partial charge in [-0.1, -0.05) is 6.92 Å². The molecular weight excluding hydrogens is 122 g/mol. The van der Waals surface area contributed by atoms with Crippen molar-refractivity contribution in [1.29, 1.82) is 0 Å². The average Bonchev–Trinajstić information content (AvgIpc) is 1.84. The first-order valence-electron chi connectivity index (χ1n) is 2.35. The SMILES string of the molecule is CCC(=O)/C(N)=C/S. The summed E-state index contributed by atoms with van der Waals surface area (Å²) in [5.74, 6) is -0.0556. The Morgan fingerprint density at radius 3 is 2.50 bits per heavy atom. The molecule has 0 aromatic carbocycles. The molecule has 0 atom stereocenters. The largest absolute Gasteiger partial charge is 0.395 e. The molecule has 0 bridgehead atoms. The molecule has 0 aliphatic carbocycles. The van der Waals surface area contributed by atoms with Crippen LogP contribution in [0.2, 0.25) is 0 Å². The number of ketones is 1. The first kappa shape index (κ1) is 7.56. The Kier molecular flexibility index (Phi) is 3.35. The number of rotatable bonds is 2. The normalized spacial score (nSPS) is 11.5. The maximum absolute atomic E-state index is 10.5. The van der Waals surface area contributed by atoms with Crippen molar-refractivity contribution in [2.24, 2.45) is 5.73 Å². The smallest absolute Gasteiger partial charge is 0.178 e. The van der Waals surface area contributed by atoms with E-state index in [-0.39, 0.29) is 11.5 Å². The second-order valence-electron chi connectivity index (χ2n) is 1.36. The molecule has 0 fully saturated rings. The van der Waals surface area contributed by atoms with Gasteiger partial charge < -0.3 is 5.73 Å². The van der Waals surface area contributed by atoms with E-state index in [2.05, 4.69) is 12.6 Å². The topological polar surface area (TPSA) is 43.1 Å². The molecule has 0 rings (SSSR count). The molecule has 0 aliphatic heterocycles. The van der Waals surface area contributed by atoms with Gasteiger partial charge in [-0.25, -0.2) is 0 Å². The van der Waals surface area contributed by atoms with Crippen LogP contribution >= 0.6 is 12.6 Å². The number of carbonyl (C=O) groups is 1. The Bertz CT molecular complexity index is 120. The van der Waals surface area contributed by atoms with Crippen LogP contribution in [0.5, 0.6) is 0 Å². The molecule has 0 aromatic heterocycles. The van der Waals surface area contributed by atoms with E-state index in [1.807, 2.05) is 0 Å². The maximum atomic E-state index is 10.5. The summed E-state index contributed by atoms with van der Waals surface area (Å²) in [5.41, 5.74) is 5.39. The van der Waals surface area contributed by atoms with Gasteiger partial charge in [0.2, 0.25) is 0 Å². The zero-order valence-corrected chi connectivity index (χ0v) is 5.61. The summed E-state index contributed by atoms with van der Waals surface area (Å²) >= 11 is 3.70. The number of hydrogen-bond acceptors (Lipinski definition) is 3. The van der Waals surface area contributed by atoms with E-state index < -0.39 is 0 Å². The van der Waals surface area contributed by atoms with Crippen LogP contribution in [0.15, 0.2) is 11.1 Å². The number of carbonyl (C=O) groups excluding carboxylic acids is 1. The van der Waals surface area contributed by atoms with Crippen LogP contribution in [-0.2, 0) is 4.79 Å². The highest BCUT2D eigenvalue weighted by Crippen LogP contribution is 1.92. The van der Waals surface area contributed by atoms with E-state index in [1.54, 1.807) is 6.92 Å². The lowest BCUT2D eigenvalue weighted by atomic mass is 10.3. The molecule has 2 N–H and O–H groups in total. The summed E-state index contributed by atoms with van der Waals surface area (Å²) in [6.45, 7) is 1.76. The lowest BCUT2D eigenvalue weighted by Gasteiger charge is -1.91. The summed E-state index contributed by atoms with van der Waals surface area (Å²) in [5, 5.41) is 1.31. The highest BCUT2D eigenvalue weighted by molar-refractivity contribution is 7.83. The minimum absolute atomic E-state index is 0.0556. The van der Waals surface area contributed by atoms with Gasteiger partial charge >= 0.3 is 0 Å². The molecule has 0 radical (unpaired) electrons. The Morgan fingerprint density at radius 2 is 2.38 bits per heavy atom. The van der Waals surface area contributed by atoms with Gasteiger partial charge in [-0.3, -0.25) is 4.79 Å². The van der Waals surface area contributed by atoms with Crippen LogP contribution in [-0.4, -0.2) is 5.78 Å². The fourth-order valence-electron chi connectivity index (χ4n) is 0.276. The molecule has 2 nitrogen and oxygen atoms in total. The predicted octanol–water partition coefficient (Wildman–Crippen LogP) is 0.695. The zero-order chi connectivity index (χ0) is 6.57. The van der Waals surface area contributed by atoms with Crippen LogP contribution in [0.25, 0.3) is 0 Å². The van der Waals surface area contributed by atoms with Crippen molar-refractivity contribution in [3.05, 3.63) is 11.1 Å². The second kappa shape index (κ2) is 3.55. The highest BCUT2D eigenvalue weighted by Gasteiger charge is 1.97. The highest BCUT2D eigenvalue weighted by atomic mass is 32.1. The Labute approximate surface area is 54.2 Å². The molecule has 0 saturated carbocycles. The molecule has 0 unspecified atom stereocenters. The average molecular weight is 131 g/mol. The summed E-state index contributed by atoms with van der Waals surface area (Å²) in [4.78, 5) is 10.5. The Balaban J connectivity index is 3.83. The van der Waals surface area contributed by atoms with Crippen molar-refractivity contribution in [1.82, 2.24) is 0 Å². The van der Waals surface area contributed by atoms with Gasteiger partial charge in [0.25, 0.3) is 0 Å². The van der Waals surface area contributed by atoms with Gasteiger partial charge in [-0.2, -0.15) is 0 Å². The maximum Gasteiger partial charge on any atom is 0.178 e. The summed E-state index contributed by atoms with van der Waals surface area (Å²) in [7, 11) is 0. The minimum Gasteiger partial charge on any atom is -0.395 e. The Hall–Kier alpha value is -0.440. The van der Waals surface area contributed by atoms with Crippen molar-refractivity contribution >= 4 is 18.4 Å². The van der Waals surface area contributed by atoms with Gasteiger partial charge in [0.15, 0.2) is 5.78 Å². The number of allylic oxidation sites excluding steroid dienone is 1. The first-order valence-corrected chi connectivity index (χ1v) is 2.87. The van der Waals surface area contributed by atoms with Crippen LogP contribution < -0.4 is 5.73 Å². The van der Waals surface area contributed by atoms with Crippen molar-refractivity contribution in [2.45, 2.75) is 13.3 Å². The standard InChI is InChI=1S/C5H9NOS/c1-2-5(7)4(6)3-8/h3,8H,2,6H2,1H3/b4-3-. The molecule has 8 heavy (non-hydrogen) atoms. The first-order chi connectivity index (χ1) is 3.72. The van der Waals surface area contributed by atoms with Crippen LogP contribution in [0.3, 0.4) is 0 Å². The summed E-state index contributed by atoms with van der Waals surface area (Å²) in [6.07, 6.45) is 0.447. The Morgan fingerprint density at radius 1 is 1.88 bits per heavy atom. The zero-order valence-electron chi connectivity index (χ0n) is 4.72. The fraction of sp³-hybridized carbons (Fsp3) is 0.400. The van der Waals surface area contributed by atoms with Crippen molar-refractivity contribution in [3.8, 4) is 0 Å². The third-order valence-electron chi connectivity index (χ3n) is 0.782. The molecule has 0 aromatic rings. The quantitative estimate of drug-likeness (QED) is 0.428. The van der Waals surface area contributed by atoms with Crippen LogP contribution in [0.4, 0.5) is 0 Å². The van der Waals surface area contributed by atoms with Crippen molar-refractivity contribution < 1.29 is 4.79 Å². The molecule has 0 amide bonds. The van der Waals surface area contributed by atoms with E-state index in [0.717, 1.165) is 0 Å². The van der Waals surface area contributed by atoms with Crippen LogP contribution in [0, 0.1) is 0 Å². The number of thiol groups is 1. The van der Waals surface area contributed by atoms with Gasteiger partial charge in [-0.15, -0.1) is 12.6 Å². The summed E-state index contributed by atoms with van der Waals surface area (Å²) < 4.78 is 0. The van der Waals surface area contributed by atoms with Crippen molar-refractivity contribution in [3.63, 3.8) is 0 Å². The molecule has 0 spiro atoms. The molecule has 46 valence electrons. The van der Waals surface area contributed by atoms with Crippen LogP contribution in [0.1, 0.15) is 13.3 Å². The van der Waals surface area contributed by atoms with E-state index in [9.17, 15) is 4.79 Å². The van der Waals surface area contributed by atoms with E-state index in [1.165, 1.54) is 5.41 Å². The third kappa shape index (κ3) is 2.02. The van der Waals surface area contributed by atoms with Gasteiger partial charge in [0, 0.05) is 6.42 Å². The molecule has 0 saturated heterocycles. The monoisotopic (exact) mass is 131 g/mol. The number of nitrogens with two attached hydrogens (primary N) is 1. The van der Waals surface area contributed by atoms with Gasteiger partial charge in [-0.05, 0) is 5.41 Å². The molecule has 3 heteroatoms. The van der Waals surface area contributed by atoms with Crippen molar-refractivity contribution in [2.75, 3.05) is 0 Å². The third-order valence-corrected chi connectivity index (χ3v) is 1.06. The summed E-state index contributed by atoms with van der Waals surface area (Å²) in [6, 6.07) is 0. The number of Topliss-reactive ketones (excluding diaryl/α,β-unsaturated/α-hetero) is 1. The predicted molar refractivity (Wildman–Crippen MR) is 36.6 cm³/mol. The van der Waals surface area contributed by atoms with E-state index in [4.69, 9.17) is 5.73 Å². The second-order valence-corrected chi connectivity index (χ2v) is 1.62. The number of hydrogen-bond donors (Lipinski definition) is 2. The van der Waals surface area contributed by atoms with Gasteiger partial charge in [0.1, 0.15) is 0 Å². The molecule has 0 aliphatic rings. The molecular formula is C5H9NOS.